The fourth-order valence-electron chi connectivity index (χ4n) is 4.50. The zero-order chi connectivity index (χ0) is 30.0. The Hall–Kier alpha value is -4.56. The van der Waals surface area contributed by atoms with E-state index in [9.17, 15) is 14.7 Å². The van der Waals surface area contributed by atoms with Gasteiger partial charge in [-0.2, -0.15) is 4.36 Å². The minimum Gasteiger partial charge on any atom is -0.507 e. The summed E-state index contributed by atoms with van der Waals surface area (Å²) in [5.74, 6) is 6.40. The second-order valence-corrected chi connectivity index (χ2v) is 11.7. The average molecular weight is 597 g/mol. The minimum absolute atomic E-state index is 0.129. The largest absolute Gasteiger partial charge is 0.507 e. The number of nitrogens with zero attached hydrogens (tertiary/aromatic N) is 3. The Labute approximate surface area is 253 Å². The summed E-state index contributed by atoms with van der Waals surface area (Å²) in [6.45, 7) is 5.93. The fraction of sp³-hybridized carbons (Fsp3) is 0.242. The number of anilines is 1. The normalized spacial score (nSPS) is 14.1. The SMILES string of the molecule is Cc1ccoc1C(=O)Nc1cccc(C#Cc2cncc(C(=O)N=S(CCCN3CCOCC3)c3ccccc3O)c2)c1. The van der Waals surface area contributed by atoms with Crippen LogP contribution in [-0.2, 0) is 15.4 Å². The van der Waals surface area contributed by atoms with Gasteiger partial charge in [0.2, 0.25) is 0 Å². The first-order valence-electron chi connectivity index (χ1n) is 13.9. The molecule has 9 nitrogen and oxygen atoms in total. The third-order valence-corrected chi connectivity index (χ3v) is 8.67. The van der Waals surface area contributed by atoms with Crippen LogP contribution in [0.3, 0.4) is 0 Å². The summed E-state index contributed by atoms with van der Waals surface area (Å²) in [6.07, 6.45) is 5.37. The van der Waals surface area contributed by atoms with Crippen LogP contribution in [0, 0.1) is 18.8 Å². The van der Waals surface area contributed by atoms with E-state index in [0.717, 1.165) is 44.8 Å². The van der Waals surface area contributed by atoms with Crippen LogP contribution in [0.5, 0.6) is 5.75 Å². The molecule has 1 atom stereocenters. The molecule has 220 valence electrons. The van der Waals surface area contributed by atoms with Crippen LogP contribution in [0.2, 0.25) is 0 Å². The Kier molecular flexibility index (Phi) is 10.1. The highest BCUT2D eigenvalue weighted by atomic mass is 32.2. The highest BCUT2D eigenvalue weighted by molar-refractivity contribution is 7.87. The third kappa shape index (κ3) is 8.26. The zero-order valence-electron chi connectivity index (χ0n) is 23.8. The van der Waals surface area contributed by atoms with E-state index in [-0.39, 0.29) is 17.4 Å². The Morgan fingerprint density at radius 3 is 2.65 bits per heavy atom. The number of aryl methyl sites for hydroxylation is 1. The highest BCUT2D eigenvalue weighted by Gasteiger charge is 2.15. The summed E-state index contributed by atoms with van der Waals surface area (Å²) in [4.78, 5) is 33.0. The molecule has 3 heterocycles. The summed E-state index contributed by atoms with van der Waals surface area (Å²) in [5.41, 5.74) is 2.89. The summed E-state index contributed by atoms with van der Waals surface area (Å²) >= 11 is 0. The molecule has 2 N–H and O–H groups in total. The molecule has 43 heavy (non-hydrogen) atoms. The van der Waals surface area contributed by atoms with E-state index in [1.807, 2.05) is 18.2 Å². The molecule has 1 saturated heterocycles. The molecule has 4 aromatic rings. The molecule has 0 radical (unpaired) electrons. The summed E-state index contributed by atoms with van der Waals surface area (Å²) in [7, 11) is -0.832. The van der Waals surface area contributed by atoms with Gasteiger partial charge in [0.1, 0.15) is 5.75 Å². The van der Waals surface area contributed by atoms with Crippen molar-refractivity contribution in [2.75, 3.05) is 43.9 Å². The molecule has 1 aliphatic rings. The first-order valence-corrected chi connectivity index (χ1v) is 15.3. The standard InChI is InChI=1S/C33H32N4O5S/c1-24-12-16-42-31(24)33(40)35-28-7-4-6-25(21-28)10-11-26-20-27(23-34-22-26)32(39)36-43(30-9-3-2-8-29(30)38)19-5-13-37-14-17-41-18-15-37/h2-4,6-9,12,16,20-23,38H,5,13-15,17-19H2,1H3,(H,35,40). The number of nitrogens with one attached hydrogen (secondary N) is 1. The fourth-order valence-corrected chi connectivity index (χ4v) is 6.16. The summed E-state index contributed by atoms with van der Waals surface area (Å²) in [6, 6.07) is 17.6. The van der Waals surface area contributed by atoms with Crippen LogP contribution >= 0.6 is 0 Å². The quantitative estimate of drug-likeness (QED) is 0.273. The molecule has 2 amide bonds. The van der Waals surface area contributed by atoms with Gasteiger partial charge in [0.15, 0.2) is 5.76 Å². The maximum atomic E-state index is 13.3. The second-order valence-electron chi connectivity index (χ2n) is 9.92. The van der Waals surface area contributed by atoms with Crippen LogP contribution < -0.4 is 5.32 Å². The van der Waals surface area contributed by atoms with Gasteiger partial charge in [-0.1, -0.05) is 40.7 Å². The van der Waals surface area contributed by atoms with Gasteiger partial charge in [0, 0.05) is 53.6 Å². The van der Waals surface area contributed by atoms with Crippen LogP contribution in [0.25, 0.3) is 0 Å². The van der Waals surface area contributed by atoms with E-state index < -0.39 is 16.6 Å². The van der Waals surface area contributed by atoms with Gasteiger partial charge in [-0.3, -0.25) is 19.5 Å². The molecular weight excluding hydrogens is 564 g/mol. The number of hydrogen-bond donors (Lipinski definition) is 2. The Morgan fingerprint density at radius 1 is 1.05 bits per heavy atom. The van der Waals surface area contributed by atoms with Crippen molar-refractivity contribution in [2.45, 2.75) is 18.2 Å². The molecule has 0 bridgehead atoms. The average Bonchev–Trinajstić information content (AvgIpc) is 3.46. The molecule has 0 aliphatic carbocycles. The predicted octanol–water partition coefficient (Wildman–Crippen LogP) is 5.06. The van der Waals surface area contributed by atoms with Gasteiger partial charge >= 0.3 is 0 Å². The van der Waals surface area contributed by atoms with Gasteiger partial charge in [-0.25, -0.2) is 0 Å². The Morgan fingerprint density at radius 2 is 1.86 bits per heavy atom. The first-order chi connectivity index (χ1) is 21.0. The number of morpholine rings is 1. The van der Waals surface area contributed by atoms with E-state index in [4.69, 9.17) is 9.15 Å². The van der Waals surface area contributed by atoms with Crippen molar-refractivity contribution in [1.82, 2.24) is 9.88 Å². The highest BCUT2D eigenvalue weighted by Crippen LogP contribution is 2.23. The molecule has 2 aromatic heterocycles. The van der Waals surface area contributed by atoms with Crippen LogP contribution in [0.4, 0.5) is 5.69 Å². The molecule has 1 unspecified atom stereocenters. The third-order valence-electron chi connectivity index (χ3n) is 6.75. The van der Waals surface area contributed by atoms with Crippen molar-refractivity contribution >= 4 is 28.2 Å². The van der Waals surface area contributed by atoms with Crippen molar-refractivity contribution in [2.24, 2.45) is 4.36 Å². The van der Waals surface area contributed by atoms with Crippen molar-refractivity contribution < 1.29 is 23.8 Å². The van der Waals surface area contributed by atoms with E-state index >= 15 is 0 Å². The number of aromatic hydroxyl groups is 1. The minimum atomic E-state index is -0.832. The number of furan rings is 1. The van der Waals surface area contributed by atoms with Crippen molar-refractivity contribution in [3.63, 3.8) is 0 Å². The molecular formula is C33H32N4O5S. The van der Waals surface area contributed by atoms with Gasteiger partial charge in [0.25, 0.3) is 11.8 Å². The number of phenols is 1. The van der Waals surface area contributed by atoms with Gasteiger partial charge < -0.3 is 19.6 Å². The number of aromatic nitrogens is 1. The number of rotatable bonds is 8. The number of carbonyl (C=O) groups is 2. The zero-order valence-corrected chi connectivity index (χ0v) is 24.6. The number of ether oxygens (including phenoxy) is 1. The number of hydrogen-bond acceptors (Lipinski definition) is 7. The van der Waals surface area contributed by atoms with Gasteiger partial charge in [-0.05, 0) is 62.4 Å². The molecule has 0 saturated carbocycles. The van der Waals surface area contributed by atoms with Crippen LogP contribution in [-0.4, -0.2) is 65.4 Å². The maximum absolute atomic E-state index is 13.3. The second kappa shape index (κ2) is 14.6. The smallest absolute Gasteiger partial charge is 0.291 e. The molecule has 2 aromatic carbocycles. The number of phenolic OH excluding ortho intramolecular Hbond substituents is 1. The van der Waals surface area contributed by atoms with Gasteiger partial charge in [-0.15, -0.1) is 0 Å². The van der Waals surface area contributed by atoms with E-state index in [2.05, 4.69) is 31.4 Å². The Balaban J connectivity index is 1.30. The van der Waals surface area contributed by atoms with Crippen molar-refractivity contribution in [3.05, 3.63) is 107 Å². The van der Waals surface area contributed by atoms with E-state index in [0.29, 0.717) is 33.0 Å². The molecule has 1 aliphatic heterocycles. The number of para-hydroxylation sites is 1. The maximum Gasteiger partial charge on any atom is 0.291 e. The molecule has 1 fully saturated rings. The number of carbonyl (C=O) groups excluding carboxylic acids is 2. The first kappa shape index (κ1) is 29.9. The van der Waals surface area contributed by atoms with E-state index in [1.165, 1.54) is 12.5 Å². The lowest BCUT2D eigenvalue weighted by atomic mass is 10.1. The number of benzene rings is 2. The lowest BCUT2D eigenvalue weighted by Crippen LogP contribution is -2.37. The van der Waals surface area contributed by atoms with Crippen LogP contribution in [0.15, 0.2) is 93.0 Å². The lowest BCUT2D eigenvalue weighted by molar-refractivity contribution is 0.0381. The van der Waals surface area contributed by atoms with Crippen LogP contribution in [0.1, 0.15) is 44.0 Å². The predicted molar refractivity (Wildman–Crippen MR) is 165 cm³/mol. The van der Waals surface area contributed by atoms with E-state index in [1.54, 1.807) is 55.6 Å². The molecule has 5 rings (SSSR count). The monoisotopic (exact) mass is 596 g/mol. The topological polar surface area (TPSA) is 117 Å². The van der Waals surface area contributed by atoms with Gasteiger partial charge in [0.05, 0.1) is 29.9 Å². The molecule has 10 heteroatoms. The number of pyridine rings is 1. The Bertz CT molecular complexity index is 1700. The lowest BCUT2D eigenvalue weighted by Gasteiger charge is -2.26. The number of amides is 2. The molecule has 0 spiro atoms. The summed E-state index contributed by atoms with van der Waals surface area (Å²) < 4.78 is 15.2. The summed E-state index contributed by atoms with van der Waals surface area (Å²) in [5, 5.41) is 13.3. The van der Waals surface area contributed by atoms with Crippen molar-refractivity contribution in [3.8, 4) is 17.6 Å². The van der Waals surface area contributed by atoms with Crippen molar-refractivity contribution in [1.29, 1.82) is 0 Å².